The van der Waals surface area contributed by atoms with Gasteiger partial charge in [0, 0.05) is 0 Å². The molecule has 1 atom stereocenters. The van der Waals surface area contributed by atoms with Gasteiger partial charge >= 0.3 is 11.9 Å². The van der Waals surface area contributed by atoms with Crippen molar-refractivity contribution < 1.29 is 18.3 Å². The van der Waals surface area contributed by atoms with Crippen molar-refractivity contribution in [3.05, 3.63) is 33.4 Å². The molecule has 0 saturated carbocycles. The molecule has 0 radical (unpaired) electrons. The molecule has 0 aliphatic rings. The van der Waals surface area contributed by atoms with Gasteiger partial charge in [-0.25, -0.2) is 4.79 Å². The average Bonchev–Trinajstić information content (AvgIpc) is 2.43. The van der Waals surface area contributed by atoms with Crippen LogP contribution in [0.5, 0.6) is 0 Å². The molecule has 0 aromatic heterocycles. The van der Waals surface area contributed by atoms with Gasteiger partial charge in [-0.1, -0.05) is 0 Å². The van der Waals surface area contributed by atoms with Gasteiger partial charge in [0.05, 0.1) is 6.61 Å². The third-order valence-corrected chi connectivity index (χ3v) is 4.31. The minimum atomic E-state index is -3.75. The molecular formula is C16H23F2NO2. The van der Waals surface area contributed by atoms with E-state index in [1.165, 1.54) is 6.92 Å². The summed E-state index contributed by atoms with van der Waals surface area (Å²) in [5.74, 6) is -5.33. The number of alkyl halides is 2. The summed E-state index contributed by atoms with van der Waals surface area (Å²) in [4.78, 5) is 11.5. The lowest BCUT2D eigenvalue weighted by molar-refractivity contribution is -0.174. The second kappa shape index (κ2) is 6.10. The van der Waals surface area contributed by atoms with Crippen LogP contribution < -0.4 is 5.73 Å². The number of hydrogen-bond donors (Lipinski definition) is 1. The zero-order chi connectivity index (χ0) is 16.5. The second-order valence-corrected chi connectivity index (χ2v) is 5.36. The molecule has 0 bridgehead atoms. The van der Waals surface area contributed by atoms with Gasteiger partial charge < -0.3 is 10.5 Å². The number of ether oxygens (including phenoxy) is 1. The number of halogens is 2. The van der Waals surface area contributed by atoms with E-state index in [4.69, 9.17) is 5.73 Å². The zero-order valence-electron chi connectivity index (χ0n) is 13.4. The average molecular weight is 299 g/mol. The van der Waals surface area contributed by atoms with Gasteiger partial charge in [-0.15, -0.1) is 0 Å². The minimum absolute atomic E-state index is 0.106. The quantitative estimate of drug-likeness (QED) is 0.867. The van der Waals surface area contributed by atoms with Crippen molar-refractivity contribution >= 4 is 5.97 Å². The summed E-state index contributed by atoms with van der Waals surface area (Å²) in [5, 5.41) is 0. The fourth-order valence-electron chi connectivity index (χ4n) is 2.53. The molecule has 0 aliphatic heterocycles. The predicted molar refractivity (Wildman–Crippen MR) is 78.6 cm³/mol. The first kappa shape index (κ1) is 17.6. The number of benzene rings is 1. The Labute approximate surface area is 124 Å². The Bertz CT molecular complexity index is 539. The third kappa shape index (κ3) is 2.93. The van der Waals surface area contributed by atoms with E-state index in [9.17, 15) is 13.6 Å². The topological polar surface area (TPSA) is 52.3 Å². The zero-order valence-corrected chi connectivity index (χ0v) is 13.4. The number of rotatable bonds is 4. The van der Waals surface area contributed by atoms with Crippen LogP contribution in [0.1, 0.15) is 46.3 Å². The largest absolute Gasteiger partial charge is 0.462 e. The molecule has 118 valence electrons. The van der Waals surface area contributed by atoms with Crippen LogP contribution in [-0.2, 0) is 9.53 Å². The van der Waals surface area contributed by atoms with Gasteiger partial charge in [0.2, 0.25) is 0 Å². The van der Waals surface area contributed by atoms with E-state index in [2.05, 4.69) is 4.74 Å². The fraction of sp³-hybridized carbons (Fsp3) is 0.562. The van der Waals surface area contributed by atoms with E-state index < -0.39 is 17.9 Å². The van der Waals surface area contributed by atoms with Gasteiger partial charge in [0.1, 0.15) is 6.04 Å². The third-order valence-electron chi connectivity index (χ3n) is 4.31. The standard InChI is InChI=1S/C16H23F2NO2/c1-7-21-15(20)16(17,18)14(19)13-11(5)9(3)8(2)10(4)12(13)6/h14H,7,19H2,1-6H3/t14-/m0/s1. The SMILES string of the molecule is CCOC(=O)C(F)(F)[C@@H](N)c1c(C)c(C)c(C)c(C)c1C. The van der Waals surface area contributed by atoms with Crippen LogP contribution in [-0.4, -0.2) is 18.5 Å². The molecule has 1 aromatic carbocycles. The summed E-state index contributed by atoms with van der Waals surface area (Å²) in [5.41, 5.74) is 10.4. The summed E-state index contributed by atoms with van der Waals surface area (Å²) in [6.45, 7) is 10.6. The van der Waals surface area contributed by atoms with Crippen molar-refractivity contribution in [3.63, 3.8) is 0 Å². The Morgan fingerprint density at radius 1 is 1.05 bits per heavy atom. The van der Waals surface area contributed by atoms with E-state index in [1.807, 2.05) is 20.8 Å². The lowest BCUT2D eigenvalue weighted by Crippen LogP contribution is -2.42. The van der Waals surface area contributed by atoms with Crippen molar-refractivity contribution in [3.8, 4) is 0 Å². The molecule has 3 nitrogen and oxygen atoms in total. The molecule has 1 rings (SSSR count). The van der Waals surface area contributed by atoms with Crippen LogP contribution in [0.2, 0.25) is 0 Å². The highest BCUT2D eigenvalue weighted by Crippen LogP contribution is 2.37. The molecule has 0 unspecified atom stereocenters. The molecule has 5 heteroatoms. The van der Waals surface area contributed by atoms with Crippen LogP contribution in [0.15, 0.2) is 0 Å². The monoisotopic (exact) mass is 299 g/mol. The number of carbonyl (C=O) groups excluding carboxylic acids is 1. The van der Waals surface area contributed by atoms with E-state index >= 15 is 0 Å². The Morgan fingerprint density at radius 3 is 1.81 bits per heavy atom. The molecule has 21 heavy (non-hydrogen) atoms. The van der Waals surface area contributed by atoms with Crippen molar-refractivity contribution in [1.82, 2.24) is 0 Å². The molecule has 2 N–H and O–H groups in total. The maximum atomic E-state index is 14.2. The fourth-order valence-corrected chi connectivity index (χ4v) is 2.53. The van der Waals surface area contributed by atoms with Gasteiger partial charge in [-0.3, -0.25) is 0 Å². The highest BCUT2D eigenvalue weighted by Gasteiger charge is 2.48. The van der Waals surface area contributed by atoms with Crippen molar-refractivity contribution in [2.45, 2.75) is 53.5 Å². The number of carbonyl (C=O) groups is 1. The highest BCUT2D eigenvalue weighted by molar-refractivity contribution is 5.79. The van der Waals surface area contributed by atoms with Crippen LogP contribution in [0.4, 0.5) is 8.78 Å². The van der Waals surface area contributed by atoms with Crippen LogP contribution >= 0.6 is 0 Å². The predicted octanol–water partition coefficient (Wildman–Crippen LogP) is 3.43. The number of hydrogen-bond acceptors (Lipinski definition) is 3. The van der Waals surface area contributed by atoms with Crippen LogP contribution in [0.3, 0.4) is 0 Å². The molecule has 1 aromatic rings. The molecule has 0 aliphatic carbocycles. The molecule has 0 saturated heterocycles. The summed E-state index contributed by atoms with van der Waals surface area (Å²) >= 11 is 0. The molecule has 0 fully saturated rings. The number of nitrogens with two attached hydrogens (primary N) is 1. The van der Waals surface area contributed by atoms with E-state index in [1.54, 1.807) is 13.8 Å². The highest BCUT2D eigenvalue weighted by atomic mass is 19.3. The van der Waals surface area contributed by atoms with Gasteiger partial charge in [0.15, 0.2) is 0 Å². The van der Waals surface area contributed by atoms with Gasteiger partial charge in [0.25, 0.3) is 0 Å². The maximum absolute atomic E-state index is 14.2. The van der Waals surface area contributed by atoms with Gasteiger partial charge in [-0.2, -0.15) is 8.78 Å². The summed E-state index contributed by atoms with van der Waals surface area (Å²) in [7, 11) is 0. The smallest absolute Gasteiger partial charge is 0.379 e. The normalized spacial score (nSPS) is 13.2. The second-order valence-electron chi connectivity index (χ2n) is 5.36. The Morgan fingerprint density at radius 2 is 1.43 bits per heavy atom. The van der Waals surface area contributed by atoms with Gasteiger partial charge in [-0.05, 0) is 74.9 Å². The Balaban J connectivity index is 3.44. The first-order valence-corrected chi connectivity index (χ1v) is 6.94. The maximum Gasteiger partial charge on any atom is 0.379 e. The van der Waals surface area contributed by atoms with Crippen molar-refractivity contribution in [2.24, 2.45) is 5.73 Å². The summed E-state index contributed by atoms with van der Waals surface area (Å²) in [6, 6.07) is -1.71. The summed E-state index contributed by atoms with van der Waals surface area (Å²) < 4.78 is 32.9. The van der Waals surface area contributed by atoms with E-state index in [0.29, 0.717) is 16.7 Å². The summed E-state index contributed by atoms with van der Waals surface area (Å²) in [6.07, 6.45) is 0. The minimum Gasteiger partial charge on any atom is -0.462 e. The Kier molecular flexibility index (Phi) is 5.10. The van der Waals surface area contributed by atoms with Crippen LogP contribution in [0, 0.1) is 34.6 Å². The van der Waals surface area contributed by atoms with E-state index in [0.717, 1.165) is 16.7 Å². The molecule has 0 heterocycles. The Hall–Kier alpha value is -1.49. The molecular weight excluding hydrogens is 276 g/mol. The first-order valence-electron chi connectivity index (χ1n) is 6.94. The lowest BCUT2D eigenvalue weighted by atomic mass is 9.84. The van der Waals surface area contributed by atoms with E-state index in [-0.39, 0.29) is 6.61 Å². The lowest BCUT2D eigenvalue weighted by Gasteiger charge is -2.27. The van der Waals surface area contributed by atoms with Crippen molar-refractivity contribution in [1.29, 1.82) is 0 Å². The number of esters is 1. The van der Waals surface area contributed by atoms with Crippen molar-refractivity contribution in [2.75, 3.05) is 6.61 Å². The molecule has 0 amide bonds. The molecule has 0 spiro atoms. The first-order chi connectivity index (χ1) is 9.57. The van der Waals surface area contributed by atoms with Crippen LogP contribution in [0.25, 0.3) is 0 Å².